The zero-order chi connectivity index (χ0) is 22.8. The van der Waals surface area contributed by atoms with Crippen LogP contribution in [0.5, 0.6) is 0 Å². The number of thiophene rings is 1. The smallest absolute Gasteiger partial charge is 0.260 e. The topological polar surface area (TPSA) is 63.4 Å². The summed E-state index contributed by atoms with van der Waals surface area (Å²) in [6, 6.07) is 2.07. The fourth-order valence-corrected chi connectivity index (χ4v) is 5.60. The number of nitrogens with two attached hydrogens (primary N) is 1. The van der Waals surface area contributed by atoms with E-state index in [-0.39, 0.29) is 23.3 Å². The molecule has 0 atom stereocenters. The monoisotopic (exact) mass is 442 g/mol. The van der Waals surface area contributed by atoms with Crippen molar-refractivity contribution in [3.63, 3.8) is 0 Å². The molecule has 31 heavy (non-hydrogen) atoms. The van der Waals surface area contributed by atoms with Crippen molar-refractivity contribution in [3.05, 3.63) is 15.8 Å². The number of amides is 2. The van der Waals surface area contributed by atoms with Gasteiger partial charge < -0.3 is 10.6 Å². The van der Waals surface area contributed by atoms with E-state index in [2.05, 4.69) is 46.5 Å². The summed E-state index contributed by atoms with van der Waals surface area (Å²) in [6.07, 6.45) is 8.26. The molecule has 0 unspecified atom stereocenters. The number of rotatable bonds is 4. The maximum Gasteiger partial charge on any atom is 0.260 e. The molecule has 2 aliphatic carbocycles. The van der Waals surface area contributed by atoms with E-state index in [0.717, 1.165) is 56.2 Å². The van der Waals surface area contributed by atoms with E-state index in [1.54, 1.807) is 0 Å². The zero-order valence-electron chi connectivity index (χ0n) is 19.8. The first-order valence-corrected chi connectivity index (χ1v) is 12.7. The highest BCUT2D eigenvalue weighted by molar-refractivity contribution is 7.15. The summed E-state index contributed by atoms with van der Waals surface area (Å²) in [5.41, 5.74) is 6.34. The number of hydrogen-bond acceptors (Lipinski definition) is 3. The quantitative estimate of drug-likeness (QED) is 0.583. The number of hydrogen-bond donors (Lipinski definition) is 1. The highest BCUT2D eigenvalue weighted by Gasteiger charge is 2.36. The van der Waals surface area contributed by atoms with Gasteiger partial charge in [-0.05, 0) is 90.0 Å². The van der Waals surface area contributed by atoms with Crippen LogP contribution in [0.2, 0.25) is 0 Å². The Morgan fingerprint density at radius 3 is 2.06 bits per heavy atom. The average Bonchev–Trinajstić information content (AvgIpc) is 3.12. The van der Waals surface area contributed by atoms with Crippen LogP contribution in [0.25, 0.3) is 0 Å². The van der Waals surface area contributed by atoms with Crippen LogP contribution >= 0.6 is 11.3 Å². The molecule has 2 amide bonds. The third kappa shape index (κ3) is 6.13. The molecule has 0 radical (unpaired) electrons. The number of nitrogens with zero attached hydrogens (tertiary/aromatic N) is 1. The molecule has 5 heteroatoms. The van der Waals surface area contributed by atoms with Crippen LogP contribution in [-0.2, 0) is 4.79 Å². The summed E-state index contributed by atoms with van der Waals surface area (Å²) in [5.74, 6) is 7.59. The van der Waals surface area contributed by atoms with Gasteiger partial charge in [0.25, 0.3) is 5.91 Å². The summed E-state index contributed by atoms with van der Waals surface area (Å²) in [6.45, 7) is 10.7. The molecule has 1 aromatic heterocycles. The summed E-state index contributed by atoms with van der Waals surface area (Å²) in [7, 11) is 0. The Morgan fingerprint density at radius 1 is 1.00 bits per heavy atom. The third-order valence-electron chi connectivity index (χ3n) is 6.71. The molecular formula is C26H38N2O2S. The highest BCUT2D eigenvalue weighted by Crippen LogP contribution is 2.39. The molecule has 2 saturated carbocycles. The van der Waals surface area contributed by atoms with Gasteiger partial charge in [-0.1, -0.05) is 25.7 Å². The first-order chi connectivity index (χ1) is 14.5. The summed E-state index contributed by atoms with van der Waals surface area (Å²) in [4.78, 5) is 29.4. The van der Waals surface area contributed by atoms with Gasteiger partial charge >= 0.3 is 0 Å². The van der Waals surface area contributed by atoms with Crippen LogP contribution in [0, 0.1) is 35.0 Å². The van der Waals surface area contributed by atoms with Crippen LogP contribution < -0.4 is 10.6 Å². The van der Waals surface area contributed by atoms with Gasteiger partial charge in [-0.3, -0.25) is 9.59 Å². The lowest BCUT2D eigenvalue weighted by molar-refractivity contribution is -0.124. The van der Waals surface area contributed by atoms with Crippen LogP contribution in [-0.4, -0.2) is 17.9 Å². The molecule has 2 aliphatic rings. The molecule has 4 nitrogen and oxygen atoms in total. The van der Waals surface area contributed by atoms with Gasteiger partial charge in [-0.25, -0.2) is 0 Å². The van der Waals surface area contributed by atoms with Gasteiger partial charge in [-0.2, -0.15) is 0 Å². The van der Waals surface area contributed by atoms with Crippen molar-refractivity contribution in [1.29, 1.82) is 0 Å². The maximum absolute atomic E-state index is 13.8. The number of anilines is 1. The van der Waals surface area contributed by atoms with Crippen molar-refractivity contribution in [1.82, 2.24) is 0 Å². The Labute approximate surface area is 192 Å². The minimum absolute atomic E-state index is 0.0419. The first-order valence-electron chi connectivity index (χ1n) is 11.8. The standard InChI is InChI=1S/C26H38N2O2S/c1-17-6-10-19(11-7-17)25(30)28(20-12-8-18(2)9-13-20)22-16-21(14-15-26(3,4)5)31-23(22)24(27)29/h16-20H,6-13H2,1-5H3,(H2,27,29). The van der Waals surface area contributed by atoms with Crippen molar-refractivity contribution in [3.8, 4) is 11.8 Å². The number of carbonyl (C=O) groups excluding carboxylic acids is 2. The van der Waals surface area contributed by atoms with E-state index < -0.39 is 5.91 Å². The Hall–Kier alpha value is -1.80. The lowest BCUT2D eigenvalue weighted by atomic mass is 9.81. The number of primary amides is 1. The van der Waals surface area contributed by atoms with Gasteiger partial charge in [0.1, 0.15) is 4.88 Å². The van der Waals surface area contributed by atoms with Gasteiger partial charge in [-0.15, -0.1) is 11.3 Å². The molecule has 0 aromatic carbocycles. The van der Waals surface area contributed by atoms with E-state index in [9.17, 15) is 9.59 Å². The Bertz CT molecular complexity index is 854. The lowest BCUT2D eigenvalue weighted by Crippen LogP contribution is -2.46. The third-order valence-corrected chi connectivity index (χ3v) is 7.76. The molecule has 2 N–H and O–H groups in total. The molecule has 0 spiro atoms. The molecule has 0 bridgehead atoms. The minimum Gasteiger partial charge on any atom is -0.365 e. The van der Waals surface area contributed by atoms with Crippen molar-refractivity contribution in [2.45, 2.75) is 92.0 Å². The predicted molar refractivity (Wildman–Crippen MR) is 129 cm³/mol. The molecular weight excluding hydrogens is 404 g/mol. The fourth-order valence-electron chi connectivity index (χ4n) is 4.75. The largest absolute Gasteiger partial charge is 0.365 e. The van der Waals surface area contributed by atoms with E-state index in [4.69, 9.17) is 5.73 Å². The number of carbonyl (C=O) groups is 2. The first kappa shape index (κ1) is 23.9. The Morgan fingerprint density at radius 2 is 1.55 bits per heavy atom. The van der Waals surface area contributed by atoms with Crippen molar-refractivity contribution in [2.75, 3.05) is 4.90 Å². The van der Waals surface area contributed by atoms with Gasteiger partial charge in [0, 0.05) is 17.4 Å². The van der Waals surface area contributed by atoms with Crippen LogP contribution in [0.3, 0.4) is 0 Å². The molecule has 0 saturated heterocycles. The second-order valence-electron chi connectivity index (χ2n) is 10.8. The molecule has 2 fully saturated rings. The average molecular weight is 443 g/mol. The minimum atomic E-state index is -0.469. The summed E-state index contributed by atoms with van der Waals surface area (Å²) >= 11 is 1.32. The summed E-state index contributed by atoms with van der Waals surface area (Å²) in [5, 5.41) is 0. The fraction of sp³-hybridized carbons (Fsp3) is 0.692. The SMILES string of the molecule is CC1CCC(C(=O)N(c2cc(C#CC(C)(C)C)sc2C(N)=O)C2CCC(C)CC2)CC1. The molecule has 170 valence electrons. The van der Waals surface area contributed by atoms with Crippen molar-refractivity contribution in [2.24, 2.45) is 28.9 Å². The van der Waals surface area contributed by atoms with Crippen molar-refractivity contribution < 1.29 is 9.59 Å². The van der Waals surface area contributed by atoms with Gasteiger partial charge in [0.15, 0.2) is 0 Å². The van der Waals surface area contributed by atoms with Crippen LogP contribution in [0.15, 0.2) is 6.07 Å². The lowest BCUT2D eigenvalue weighted by Gasteiger charge is -2.39. The second kappa shape index (κ2) is 9.77. The zero-order valence-corrected chi connectivity index (χ0v) is 20.6. The molecule has 1 aromatic rings. The van der Waals surface area contributed by atoms with Crippen LogP contribution in [0.1, 0.15) is 101 Å². The van der Waals surface area contributed by atoms with E-state index in [0.29, 0.717) is 22.4 Å². The van der Waals surface area contributed by atoms with Crippen molar-refractivity contribution >= 4 is 28.8 Å². The van der Waals surface area contributed by atoms with E-state index in [1.165, 1.54) is 11.3 Å². The maximum atomic E-state index is 13.8. The van der Waals surface area contributed by atoms with Gasteiger partial charge in [0.2, 0.25) is 5.91 Å². The van der Waals surface area contributed by atoms with E-state index >= 15 is 0 Å². The van der Waals surface area contributed by atoms with E-state index in [1.807, 2.05) is 11.0 Å². The normalized spacial score (nSPS) is 26.6. The highest BCUT2D eigenvalue weighted by atomic mass is 32.1. The predicted octanol–water partition coefficient (Wildman–Crippen LogP) is 5.98. The Balaban J connectivity index is 1.99. The molecule has 0 aliphatic heterocycles. The summed E-state index contributed by atoms with van der Waals surface area (Å²) < 4.78 is 0. The molecule has 3 rings (SSSR count). The second-order valence-corrected chi connectivity index (χ2v) is 11.8. The van der Waals surface area contributed by atoms with Gasteiger partial charge in [0.05, 0.1) is 10.6 Å². The van der Waals surface area contributed by atoms with Crippen LogP contribution in [0.4, 0.5) is 5.69 Å². The Kier molecular flexibility index (Phi) is 7.52. The molecule has 1 heterocycles.